The molecule has 1 saturated carbocycles. The fourth-order valence-electron chi connectivity index (χ4n) is 3.46. The molecular formula is C17H23N3. The zero-order valence-corrected chi connectivity index (χ0v) is 12.5. The van der Waals surface area contributed by atoms with Gasteiger partial charge in [0.25, 0.3) is 0 Å². The number of benzene rings is 1. The molecule has 1 aromatic carbocycles. The maximum absolute atomic E-state index is 4.29. The van der Waals surface area contributed by atoms with Gasteiger partial charge in [0.2, 0.25) is 0 Å². The smallest absolute Gasteiger partial charge is 0.0666 e. The maximum Gasteiger partial charge on any atom is 0.0666 e. The van der Waals surface area contributed by atoms with Crippen LogP contribution in [0.5, 0.6) is 0 Å². The number of aromatic nitrogens is 2. The van der Waals surface area contributed by atoms with Crippen molar-refractivity contribution in [3.8, 4) is 5.69 Å². The summed E-state index contributed by atoms with van der Waals surface area (Å²) < 4.78 is 1.90. The highest BCUT2D eigenvalue weighted by Crippen LogP contribution is 2.42. The molecular weight excluding hydrogens is 246 g/mol. The Morgan fingerprint density at radius 1 is 1.25 bits per heavy atom. The molecule has 106 valence electrons. The molecule has 1 aliphatic rings. The van der Waals surface area contributed by atoms with Crippen LogP contribution < -0.4 is 5.32 Å². The molecule has 1 N–H and O–H groups in total. The summed E-state index contributed by atoms with van der Waals surface area (Å²) in [5.41, 5.74) is 2.74. The summed E-state index contributed by atoms with van der Waals surface area (Å²) in [5, 5.41) is 7.99. The van der Waals surface area contributed by atoms with Crippen LogP contribution in [0.25, 0.3) is 5.69 Å². The summed E-state index contributed by atoms with van der Waals surface area (Å²) in [4.78, 5) is 0. The van der Waals surface area contributed by atoms with E-state index in [1.807, 2.05) is 23.1 Å². The van der Waals surface area contributed by atoms with Gasteiger partial charge in [0, 0.05) is 24.1 Å². The first-order valence-corrected chi connectivity index (χ1v) is 7.40. The lowest BCUT2D eigenvalue weighted by Crippen LogP contribution is -2.22. The summed E-state index contributed by atoms with van der Waals surface area (Å²) in [5.74, 6) is 0.721. The molecule has 1 aromatic heterocycles. The van der Waals surface area contributed by atoms with Gasteiger partial charge in [-0.3, -0.25) is 0 Å². The van der Waals surface area contributed by atoms with Gasteiger partial charge in [-0.05, 0) is 48.4 Å². The normalized spacial score (nSPS) is 24.8. The predicted octanol–water partition coefficient (Wildman–Crippen LogP) is 4.11. The molecule has 2 aromatic rings. The van der Waals surface area contributed by atoms with Gasteiger partial charge in [-0.15, -0.1) is 0 Å². The van der Waals surface area contributed by atoms with Crippen LogP contribution >= 0.6 is 0 Å². The van der Waals surface area contributed by atoms with Gasteiger partial charge in [-0.25, -0.2) is 4.68 Å². The topological polar surface area (TPSA) is 29.9 Å². The van der Waals surface area contributed by atoms with Crippen LogP contribution in [0.15, 0.2) is 42.7 Å². The van der Waals surface area contributed by atoms with Crippen LogP contribution in [-0.4, -0.2) is 15.8 Å². The van der Waals surface area contributed by atoms with Crippen LogP contribution in [-0.2, 0) is 0 Å². The number of hydrogen-bond donors (Lipinski definition) is 1. The Balaban J connectivity index is 1.77. The number of rotatable bonds is 3. The second-order valence-corrected chi connectivity index (χ2v) is 6.80. The largest absolute Gasteiger partial charge is 0.382 e. The van der Waals surface area contributed by atoms with Crippen molar-refractivity contribution in [2.75, 3.05) is 5.32 Å². The highest BCUT2D eigenvalue weighted by Gasteiger charge is 2.36. The Kier molecular flexibility index (Phi) is 3.28. The molecule has 1 fully saturated rings. The van der Waals surface area contributed by atoms with E-state index in [1.165, 1.54) is 18.5 Å². The average molecular weight is 269 g/mol. The Labute approximate surface area is 121 Å². The van der Waals surface area contributed by atoms with E-state index in [2.05, 4.69) is 55.5 Å². The Morgan fingerprint density at radius 2 is 2.10 bits per heavy atom. The van der Waals surface area contributed by atoms with Crippen LogP contribution in [0, 0.1) is 11.3 Å². The van der Waals surface area contributed by atoms with Crippen molar-refractivity contribution in [2.24, 2.45) is 11.3 Å². The van der Waals surface area contributed by atoms with Crippen molar-refractivity contribution in [1.82, 2.24) is 9.78 Å². The lowest BCUT2D eigenvalue weighted by molar-refractivity contribution is 0.366. The molecule has 3 rings (SSSR count). The van der Waals surface area contributed by atoms with Crippen LogP contribution in [0.4, 0.5) is 5.69 Å². The number of anilines is 1. The van der Waals surface area contributed by atoms with Gasteiger partial charge < -0.3 is 5.32 Å². The first-order chi connectivity index (χ1) is 9.53. The van der Waals surface area contributed by atoms with E-state index in [9.17, 15) is 0 Å². The fourth-order valence-corrected chi connectivity index (χ4v) is 3.46. The minimum Gasteiger partial charge on any atom is -0.382 e. The molecule has 2 unspecified atom stereocenters. The van der Waals surface area contributed by atoms with Crippen molar-refractivity contribution < 1.29 is 0 Å². The second-order valence-electron chi connectivity index (χ2n) is 6.80. The van der Waals surface area contributed by atoms with Crippen molar-refractivity contribution in [3.05, 3.63) is 42.7 Å². The number of nitrogens with zero attached hydrogens (tertiary/aromatic N) is 2. The van der Waals surface area contributed by atoms with E-state index >= 15 is 0 Å². The molecule has 1 heterocycles. The third-order valence-electron chi connectivity index (χ3n) is 4.30. The molecule has 0 radical (unpaired) electrons. The quantitative estimate of drug-likeness (QED) is 0.908. The van der Waals surface area contributed by atoms with E-state index in [-0.39, 0.29) is 0 Å². The number of hydrogen-bond acceptors (Lipinski definition) is 2. The second kappa shape index (κ2) is 4.97. The van der Waals surface area contributed by atoms with Crippen molar-refractivity contribution in [1.29, 1.82) is 0 Å². The number of nitrogens with one attached hydrogen (secondary N) is 1. The summed E-state index contributed by atoms with van der Waals surface area (Å²) in [7, 11) is 0. The lowest BCUT2D eigenvalue weighted by Gasteiger charge is -2.20. The van der Waals surface area contributed by atoms with Gasteiger partial charge in [-0.1, -0.05) is 26.8 Å². The van der Waals surface area contributed by atoms with Gasteiger partial charge in [-0.2, -0.15) is 5.10 Å². The first-order valence-electron chi connectivity index (χ1n) is 7.40. The molecule has 1 aliphatic carbocycles. The average Bonchev–Trinajstić information content (AvgIpc) is 2.98. The standard InChI is InChI=1S/C17H23N3/c1-13-11-17(2,3)12-16(13)19-14-6-4-7-15(10-14)20-9-5-8-18-20/h4-10,13,16,19H,11-12H2,1-3H3. The molecule has 3 heteroatoms. The predicted molar refractivity (Wildman–Crippen MR) is 83.2 cm³/mol. The van der Waals surface area contributed by atoms with Gasteiger partial charge in [0.05, 0.1) is 5.69 Å². The molecule has 0 bridgehead atoms. The Morgan fingerprint density at radius 3 is 2.75 bits per heavy atom. The fraction of sp³-hybridized carbons (Fsp3) is 0.471. The van der Waals surface area contributed by atoms with Crippen molar-refractivity contribution in [3.63, 3.8) is 0 Å². The van der Waals surface area contributed by atoms with E-state index in [0.717, 1.165) is 11.6 Å². The molecule has 0 aliphatic heterocycles. The summed E-state index contributed by atoms with van der Waals surface area (Å²) >= 11 is 0. The summed E-state index contributed by atoms with van der Waals surface area (Å²) in [6.07, 6.45) is 6.31. The van der Waals surface area contributed by atoms with Crippen LogP contribution in [0.3, 0.4) is 0 Å². The molecule has 2 atom stereocenters. The zero-order chi connectivity index (χ0) is 14.2. The SMILES string of the molecule is CC1CC(C)(C)CC1Nc1cccc(-n2cccn2)c1. The van der Waals surface area contributed by atoms with Crippen molar-refractivity contribution in [2.45, 2.75) is 39.7 Å². The van der Waals surface area contributed by atoms with Gasteiger partial charge in [0.15, 0.2) is 0 Å². The molecule has 0 saturated heterocycles. The van der Waals surface area contributed by atoms with E-state index in [0.29, 0.717) is 11.5 Å². The first kappa shape index (κ1) is 13.2. The lowest BCUT2D eigenvalue weighted by atomic mass is 9.91. The van der Waals surface area contributed by atoms with Crippen molar-refractivity contribution >= 4 is 5.69 Å². The Bertz CT molecular complexity index is 572. The summed E-state index contributed by atoms with van der Waals surface area (Å²) in [6.45, 7) is 7.08. The van der Waals surface area contributed by atoms with E-state index in [1.54, 1.807) is 0 Å². The van der Waals surface area contributed by atoms with Crippen LogP contribution in [0.2, 0.25) is 0 Å². The zero-order valence-electron chi connectivity index (χ0n) is 12.5. The minimum atomic E-state index is 0.455. The van der Waals surface area contributed by atoms with Gasteiger partial charge >= 0.3 is 0 Å². The third-order valence-corrected chi connectivity index (χ3v) is 4.30. The molecule has 0 spiro atoms. The summed E-state index contributed by atoms with van der Waals surface area (Å²) in [6, 6.07) is 11.0. The highest BCUT2D eigenvalue weighted by atomic mass is 15.3. The van der Waals surface area contributed by atoms with Crippen LogP contribution in [0.1, 0.15) is 33.6 Å². The minimum absolute atomic E-state index is 0.455. The van der Waals surface area contributed by atoms with Gasteiger partial charge in [0.1, 0.15) is 0 Å². The monoisotopic (exact) mass is 269 g/mol. The maximum atomic E-state index is 4.29. The molecule has 0 amide bonds. The highest BCUT2D eigenvalue weighted by molar-refractivity contribution is 5.51. The van der Waals surface area contributed by atoms with E-state index < -0.39 is 0 Å². The Hall–Kier alpha value is -1.77. The third kappa shape index (κ3) is 2.72. The molecule has 20 heavy (non-hydrogen) atoms. The van der Waals surface area contributed by atoms with E-state index in [4.69, 9.17) is 0 Å². The molecule has 3 nitrogen and oxygen atoms in total.